The second-order valence-electron chi connectivity index (χ2n) is 2.02. The van der Waals surface area contributed by atoms with Gasteiger partial charge in [0.2, 0.25) is 0 Å². The first-order valence-electron chi connectivity index (χ1n) is 2.66. The monoisotopic (exact) mass is 228 g/mol. The lowest BCUT2D eigenvalue weighted by atomic mass is 10.4. The average Bonchev–Trinajstić information content (AvgIpc) is 2.76. The van der Waals surface area contributed by atoms with Crippen LogP contribution in [0.4, 0.5) is 0 Å². The van der Waals surface area contributed by atoms with E-state index in [2.05, 4.69) is 0 Å². The van der Waals surface area contributed by atoms with Gasteiger partial charge in [0.25, 0.3) is 0 Å². The molecule has 0 bridgehead atoms. The van der Waals surface area contributed by atoms with E-state index in [1.165, 1.54) is 0 Å². The molecule has 58 valence electrons. The van der Waals surface area contributed by atoms with Gasteiger partial charge in [0.1, 0.15) is 10.0 Å². The van der Waals surface area contributed by atoms with Gasteiger partial charge in [-0.05, 0) is 0 Å². The highest BCUT2D eigenvalue weighted by Crippen LogP contribution is 2.60. The molecule has 0 spiro atoms. The first kappa shape index (κ1) is 7.81. The summed E-state index contributed by atoms with van der Waals surface area (Å²) in [7, 11) is 0. The molecule has 1 aliphatic heterocycles. The van der Waals surface area contributed by atoms with E-state index < -0.39 is 0 Å². The van der Waals surface area contributed by atoms with Gasteiger partial charge in [0.05, 0.1) is 10.0 Å². The number of hydrogen-bond donors (Lipinski definition) is 0. The van der Waals surface area contributed by atoms with Crippen LogP contribution in [0.1, 0.15) is 0 Å². The third-order valence-corrected chi connectivity index (χ3v) is 3.11. The van der Waals surface area contributed by atoms with Crippen LogP contribution >= 0.6 is 46.4 Å². The van der Waals surface area contributed by atoms with Gasteiger partial charge in [-0.15, -0.1) is 0 Å². The Labute approximate surface area is 82.8 Å². The summed E-state index contributed by atoms with van der Waals surface area (Å²) in [4.78, 5) is 0. The van der Waals surface area contributed by atoms with Gasteiger partial charge in [0, 0.05) is 0 Å². The molecule has 0 fully saturated rings. The highest BCUT2D eigenvalue weighted by molar-refractivity contribution is 6.53. The topological polar surface area (TPSA) is 12.5 Å². The van der Waals surface area contributed by atoms with Gasteiger partial charge >= 0.3 is 0 Å². The van der Waals surface area contributed by atoms with E-state index in [9.17, 15) is 0 Å². The molecule has 0 amide bonds. The van der Waals surface area contributed by atoms with Gasteiger partial charge in [-0.3, -0.25) is 0 Å². The van der Waals surface area contributed by atoms with Crippen LogP contribution in [-0.4, -0.2) is 0 Å². The van der Waals surface area contributed by atoms with Gasteiger partial charge in [0.15, 0.2) is 11.5 Å². The maximum Gasteiger partial charge on any atom is 0.191 e. The molecule has 0 saturated carbocycles. The van der Waals surface area contributed by atoms with E-state index in [1.54, 1.807) is 0 Å². The molecule has 0 aliphatic carbocycles. The fourth-order valence-corrected chi connectivity index (χ4v) is 1.65. The first-order chi connectivity index (χ1) is 5.13. The Morgan fingerprint density at radius 2 is 1.00 bits per heavy atom. The maximum atomic E-state index is 5.71. The summed E-state index contributed by atoms with van der Waals surface area (Å²) in [5.74, 6) is 1.07. The third-order valence-electron chi connectivity index (χ3n) is 1.35. The van der Waals surface area contributed by atoms with Crippen LogP contribution in [0.2, 0.25) is 20.1 Å². The fourth-order valence-electron chi connectivity index (χ4n) is 0.758. The number of fused-ring (bicyclic) bond motifs is 1. The number of rotatable bonds is 0. The van der Waals surface area contributed by atoms with Crippen LogP contribution in [0, 0.1) is 0 Å². The van der Waals surface area contributed by atoms with Gasteiger partial charge in [-0.2, -0.15) is 0 Å². The van der Waals surface area contributed by atoms with Gasteiger partial charge in [-0.1, -0.05) is 46.4 Å². The van der Waals surface area contributed by atoms with Crippen LogP contribution in [0.3, 0.4) is 0 Å². The SMILES string of the molecule is Clc1c(Cl)c(Cl)c2c(c1Cl)O2. The predicted molar refractivity (Wildman–Crippen MR) is 46.6 cm³/mol. The Morgan fingerprint density at radius 1 is 0.636 bits per heavy atom. The summed E-state index contributed by atoms with van der Waals surface area (Å²) in [6.07, 6.45) is 0. The van der Waals surface area contributed by atoms with Crippen molar-refractivity contribution < 1.29 is 4.74 Å². The molecular formula is C6Cl4O. The summed E-state index contributed by atoms with van der Waals surface area (Å²) < 4.78 is 4.93. The Bertz CT molecular complexity index is 314. The Kier molecular flexibility index (Phi) is 1.66. The highest BCUT2D eigenvalue weighted by Gasteiger charge is 2.33. The number of benzene rings is 1. The van der Waals surface area contributed by atoms with E-state index in [0.717, 1.165) is 0 Å². The fraction of sp³-hybridized carbons (Fsp3) is 0. The molecule has 1 heterocycles. The molecule has 1 aliphatic rings. The van der Waals surface area contributed by atoms with Crippen molar-refractivity contribution in [1.29, 1.82) is 0 Å². The lowest BCUT2D eigenvalue weighted by Crippen LogP contribution is -1.66. The van der Waals surface area contributed by atoms with Crippen molar-refractivity contribution in [2.75, 3.05) is 0 Å². The summed E-state index contributed by atoms with van der Waals surface area (Å²) in [6, 6.07) is 0. The van der Waals surface area contributed by atoms with Crippen LogP contribution in [0.15, 0.2) is 0 Å². The standard InChI is InChI=1S/C6Cl4O/c7-1-2(8)4(10)6-5(11-6)3(1)9. The predicted octanol–water partition coefficient (Wildman–Crippen LogP) is 4.41. The van der Waals surface area contributed by atoms with Crippen LogP contribution < -0.4 is 4.74 Å². The number of hydrogen-bond acceptors (Lipinski definition) is 1. The largest absolute Gasteiger partial charge is 0.446 e. The summed E-state index contributed by atoms with van der Waals surface area (Å²) in [5, 5.41) is 1.15. The van der Waals surface area contributed by atoms with Crippen molar-refractivity contribution in [3.63, 3.8) is 0 Å². The summed E-state index contributed by atoms with van der Waals surface area (Å²) >= 11 is 22.8. The lowest BCUT2D eigenvalue weighted by molar-refractivity contribution is 0.650. The van der Waals surface area contributed by atoms with Crippen molar-refractivity contribution in [3.05, 3.63) is 20.1 Å². The van der Waals surface area contributed by atoms with Crippen molar-refractivity contribution in [2.24, 2.45) is 0 Å². The molecule has 1 aromatic rings. The maximum absolute atomic E-state index is 5.71. The Morgan fingerprint density at radius 3 is 1.36 bits per heavy atom. The van der Waals surface area contributed by atoms with Gasteiger partial charge < -0.3 is 4.74 Å². The molecule has 0 N–H and O–H groups in total. The zero-order chi connectivity index (χ0) is 8.17. The minimum atomic E-state index is 0.245. The van der Waals surface area contributed by atoms with E-state index >= 15 is 0 Å². The molecule has 2 rings (SSSR count). The number of halogens is 4. The normalized spacial score (nSPS) is 12.4. The van der Waals surface area contributed by atoms with Crippen molar-refractivity contribution in [3.8, 4) is 11.5 Å². The van der Waals surface area contributed by atoms with E-state index in [4.69, 9.17) is 51.1 Å². The van der Waals surface area contributed by atoms with E-state index in [0.29, 0.717) is 21.5 Å². The second-order valence-corrected chi connectivity index (χ2v) is 3.53. The lowest BCUT2D eigenvalue weighted by Gasteiger charge is -1.94. The van der Waals surface area contributed by atoms with Crippen molar-refractivity contribution in [2.45, 2.75) is 0 Å². The molecule has 1 aromatic carbocycles. The minimum Gasteiger partial charge on any atom is -0.446 e. The Hall–Kier alpha value is 0.180. The quantitative estimate of drug-likeness (QED) is 0.371. The molecule has 0 unspecified atom stereocenters. The third kappa shape index (κ3) is 0.994. The summed E-state index contributed by atoms with van der Waals surface area (Å²) in [5.41, 5.74) is 0. The smallest absolute Gasteiger partial charge is 0.191 e. The average molecular weight is 230 g/mol. The van der Waals surface area contributed by atoms with Crippen LogP contribution in [0.25, 0.3) is 0 Å². The van der Waals surface area contributed by atoms with Crippen molar-refractivity contribution >= 4 is 46.4 Å². The van der Waals surface area contributed by atoms with Gasteiger partial charge in [-0.25, -0.2) is 0 Å². The molecule has 0 atom stereocenters. The van der Waals surface area contributed by atoms with E-state index in [-0.39, 0.29) is 10.0 Å². The zero-order valence-electron chi connectivity index (χ0n) is 4.92. The van der Waals surface area contributed by atoms with Crippen LogP contribution in [0.5, 0.6) is 11.5 Å². The zero-order valence-corrected chi connectivity index (χ0v) is 7.94. The molecule has 11 heavy (non-hydrogen) atoms. The molecular weight excluding hydrogens is 230 g/mol. The molecule has 1 nitrogen and oxygen atoms in total. The number of ether oxygens (including phenoxy) is 1. The first-order valence-corrected chi connectivity index (χ1v) is 4.18. The Balaban J connectivity index is 2.78. The molecule has 5 heteroatoms. The molecule has 0 aromatic heterocycles. The molecule has 0 radical (unpaired) electrons. The van der Waals surface area contributed by atoms with Crippen LogP contribution in [-0.2, 0) is 0 Å². The van der Waals surface area contributed by atoms with E-state index in [1.807, 2.05) is 0 Å². The molecule has 0 saturated heterocycles. The second kappa shape index (κ2) is 2.33. The van der Waals surface area contributed by atoms with Crippen molar-refractivity contribution in [1.82, 2.24) is 0 Å². The summed E-state index contributed by atoms with van der Waals surface area (Å²) in [6.45, 7) is 0. The highest BCUT2D eigenvalue weighted by atomic mass is 35.5. The minimum absolute atomic E-state index is 0.245.